The summed E-state index contributed by atoms with van der Waals surface area (Å²) in [7, 11) is 1.85. The molecule has 0 saturated carbocycles. The Morgan fingerprint density at radius 2 is 2.00 bits per heavy atom. The van der Waals surface area contributed by atoms with Gasteiger partial charge in [0.1, 0.15) is 12.9 Å². The molecular formula is C18H19FN3+. The number of nitrogens with zero attached hydrogens (tertiary/aromatic N) is 1. The molecule has 112 valence electrons. The van der Waals surface area contributed by atoms with Crippen LogP contribution in [0.4, 0.5) is 4.39 Å². The molecule has 0 amide bonds. The molecule has 4 heteroatoms. The number of benzene rings is 1. The molecule has 0 radical (unpaired) electrons. The molecule has 0 fully saturated rings. The zero-order valence-electron chi connectivity index (χ0n) is 12.6. The average molecular weight is 296 g/mol. The van der Waals surface area contributed by atoms with Crippen molar-refractivity contribution in [1.82, 2.24) is 4.98 Å². The molecule has 0 unspecified atom stereocenters. The number of aryl methyl sites for hydroxylation is 1. The van der Waals surface area contributed by atoms with Crippen molar-refractivity contribution >= 4 is 17.5 Å². The number of pyridine rings is 1. The van der Waals surface area contributed by atoms with Gasteiger partial charge < -0.3 is 5.73 Å². The van der Waals surface area contributed by atoms with Crippen LogP contribution in [0.3, 0.4) is 0 Å². The maximum Gasteiger partial charge on any atom is 0.171 e. The van der Waals surface area contributed by atoms with Crippen molar-refractivity contribution < 1.29 is 9.38 Å². The van der Waals surface area contributed by atoms with Gasteiger partial charge in [-0.1, -0.05) is 0 Å². The summed E-state index contributed by atoms with van der Waals surface area (Å²) in [6.07, 6.45) is 6.90. The third kappa shape index (κ3) is 2.64. The second-order valence-electron chi connectivity index (χ2n) is 5.40. The van der Waals surface area contributed by atoms with Crippen LogP contribution in [0, 0.1) is 5.82 Å². The monoisotopic (exact) mass is 296 g/mol. The SMILES string of the molecule is C[NH+]=CC(=C(N)c1ccc(F)cc1)c1ccnc2c1CCC2. The summed E-state index contributed by atoms with van der Waals surface area (Å²) in [5.41, 5.74) is 12.3. The number of rotatable bonds is 3. The number of aromatic nitrogens is 1. The van der Waals surface area contributed by atoms with Crippen LogP contribution < -0.4 is 10.7 Å². The van der Waals surface area contributed by atoms with Crippen LogP contribution in [0.5, 0.6) is 0 Å². The van der Waals surface area contributed by atoms with Crippen molar-refractivity contribution in [1.29, 1.82) is 0 Å². The van der Waals surface area contributed by atoms with Gasteiger partial charge in [-0.05, 0) is 66.3 Å². The van der Waals surface area contributed by atoms with Crippen molar-refractivity contribution in [3.63, 3.8) is 0 Å². The highest BCUT2D eigenvalue weighted by Crippen LogP contribution is 2.30. The minimum atomic E-state index is -0.263. The van der Waals surface area contributed by atoms with Crippen molar-refractivity contribution in [2.75, 3.05) is 7.05 Å². The summed E-state index contributed by atoms with van der Waals surface area (Å²) in [5.74, 6) is -0.263. The maximum absolute atomic E-state index is 13.1. The van der Waals surface area contributed by atoms with Crippen LogP contribution in [-0.2, 0) is 12.8 Å². The Bertz CT molecular complexity index is 745. The molecule has 3 N–H and O–H groups in total. The smallest absolute Gasteiger partial charge is 0.171 e. The third-order valence-electron chi connectivity index (χ3n) is 4.01. The molecule has 1 aliphatic rings. The fraction of sp³-hybridized carbons (Fsp3) is 0.222. The predicted molar refractivity (Wildman–Crippen MR) is 86.6 cm³/mol. The van der Waals surface area contributed by atoms with Crippen LogP contribution in [0.15, 0.2) is 36.5 Å². The van der Waals surface area contributed by atoms with Gasteiger partial charge in [0, 0.05) is 11.9 Å². The second-order valence-corrected chi connectivity index (χ2v) is 5.40. The minimum Gasteiger partial charge on any atom is -0.398 e. The van der Waals surface area contributed by atoms with E-state index in [-0.39, 0.29) is 5.82 Å². The molecule has 0 bridgehead atoms. The molecule has 3 rings (SSSR count). The molecule has 2 aromatic rings. The highest BCUT2D eigenvalue weighted by atomic mass is 19.1. The van der Waals surface area contributed by atoms with Gasteiger partial charge in [0.2, 0.25) is 0 Å². The minimum absolute atomic E-state index is 0.263. The molecule has 0 saturated heterocycles. The van der Waals surface area contributed by atoms with Gasteiger partial charge in [-0.15, -0.1) is 0 Å². The van der Waals surface area contributed by atoms with Crippen LogP contribution >= 0.6 is 0 Å². The summed E-state index contributed by atoms with van der Waals surface area (Å²) in [4.78, 5) is 7.52. The lowest BCUT2D eigenvalue weighted by Crippen LogP contribution is -2.63. The standard InChI is InChI=1S/C18H18FN3/c1-21-11-16(18(20)12-5-7-13(19)8-6-12)14-9-10-22-17-4-2-3-15(14)17/h5-11H,2-4,20H2,1H3/p+1. The van der Waals surface area contributed by atoms with Gasteiger partial charge in [0.05, 0.1) is 11.3 Å². The Morgan fingerprint density at radius 3 is 2.73 bits per heavy atom. The van der Waals surface area contributed by atoms with E-state index in [1.54, 1.807) is 12.1 Å². The van der Waals surface area contributed by atoms with E-state index in [2.05, 4.69) is 9.98 Å². The van der Waals surface area contributed by atoms with E-state index in [4.69, 9.17) is 5.73 Å². The van der Waals surface area contributed by atoms with Crippen molar-refractivity contribution in [2.45, 2.75) is 19.3 Å². The molecule has 1 heterocycles. The van der Waals surface area contributed by atoms with E-state index in [1.165, 1.54) is 17.7 Å². The lowest BCUT2D eigenvalue weighted by atomic mass is 9.96. The summed E-state index contributed by atoms with van der Waals surface area (Å²) in [5, 5.41) is 0. The summed E-state index contributed by atoms with van der Waals surface area (Å²) in [6.45, 7) is 0. The lowest BCUT2D eigenvalue weighted by molar-refractivity contribution is -0.412. The quantitative estimate of drug-likeness (QED) is 0.839. The first-order chi connectivity index (χ1) is 10.7. The van der Waals surface area contributed by atoms with Gasteiger partial charge >= 0.3 is 0 Å². The van der Waals surface area contributed by atoms with Crippen molar-refractivity contribution in [3.8, 4) is 0 Å². The molecule has 3 nitrogen and oxygen atoms in total. The number of hydrogen-bond donors (Lipinski definition) is 2. The molecule has 0 aliphatic heterocycles. The van der Waals surface area contributed by atoms with Gasteiger partial charge in [-0.25, -0.2) is 4.39 Å². The molecule has 1 aromatic carbocycles. The average Bonchev–Trinajstić information content (AvgIpc) is 3.01. The largest absolute Gasteiger partial charge is 0.398 e. The highest BCUT2D eigenvalue weighted by molar-refractivity contribution is 6.17. The first kappa shape index (κ1) is 14.4. The van der Waals surface area contributed by atoms with E-state index in [0.717, 1.165) is 41.7 Å². The van der Waals surface area contributed by atoms with E-state index in [1.807, 2.05) is 25.5 Å². The molecule has 0 spiro atoms. The van der Waals surface area contributed by atoms with E-state index in [9.17, 15) is 4.39 Å². The molecular weight excluding hydrogens is 277 g/mol. The van der Waals surface area contributed by atoms with E-state index >= 15 is 0 Å². The number of halogens is 1. The van der Waals surface area contributed by atoms with Gasteiger partial charge in [0.25, 0.3) is 0 Å². The molecule has 22 heavy (non-hydrogen) atoms. The zero-order chi connectivity index (χ0) is 15.5. The highest BCUT2D eigenvalue weighted by Gasteiger charge is 2.20. The van der Waals surface area contributed by atoms with E-state index < -0.39 is 0 Å². The summed E-state index contributed by atoms with van der Waals surface area (Å²) >= 11 is 0. The predicted octanol–water partition coefficient (Wildman–Crippen LogP) is 1.32. The molecule has 0 atom stereocenters. The van der Waals surface area contributed by atoms with Gasteiger partial charge in [-0.2, -0.15) is 0 Å². The second kappa shape index (κ2) is 6.10. The Balaban J connectivity index is 2.16. The number of nitrogens with one attached hydrogen (secondary N) is 1. The summed E-state index contributed by atoms with van der Waals surface area (Å²) in [6, 6.07) is 8.27. The maximum atomic E-state index is 13.1. The van der Waals surface area contributed by atoms with Crippen molar-refractivity contribution in [2.24, 2.45) is 5.73 Å². The number of hydrogen-bond acceptors (Lipinski definition) is 2. The lowest BCUT2D eigenvalue weighted by Gasteiger charge is -2.11. The number of allylic oxidation sites excluding steroid dienone is 1. The van der Waals surface area contributed by atoms with E-state index in [0.29, 0.717) is 5.70 Å². The molecule has 1 aromatic heterocycles. The van der Waals surface area contributed by atoms with Crippen LogP contribution in [0.25, 0.3) is 11.3 Å². The normalized spacial score (nSPS) is 15.0. The number of nitrogens with two attached hydrogens (primary N) is 1. The zero-order valence-corrected chi connectivity index (χ0v) is 12.6. The first-order valence-electron chi connectivity index (χ1n) is 7.44. The van der Waals surface area contributed by atoms with Crippen LogP contribution in [0.1, 0.15) is 28.8 Å². The van der Waals surface area contributed by atoms with Crippen LogP contribution in [-0.4, -0.2) is 18.2 Å². The fourth-order valence-electron chi connectivity index (χ4n) is 2.94. The first-order valence-corrected chi connectivity index (χ1v) is 7.44. The van der Waals surface area contributed by atoms with Gasteiger partial charge in [0.15, 0.2) is 6.21 Å². The Morgan fingerprint density at radius 1 is 1.23 bits per heavy atom. The topological polar surface area (TPSA) is 52.9 Å². The fourth-order valence-corrected chi connectivity index (χ4v) is 2.94. The van der Waals surface area contributed by atoms with Gasteiger partial charge in [-0.3, -0.25) is 9.98 Å². The Labute approximate surface area is 129 Å². The Kier molecular flexibility index (Phi) is 4.00. The van der Waals surface area contributed by atoms with Crippen molar-refractivity contribution in [3.05, 3.63) is 64.7 Å². The third-order valence-corrected chi connectivity index (χ3v) is 4.01. The molecule has 1 aliphatic carbocycles. The number of fused-ring (bicyclic) bond motifs is 1. The Hall–Kier alpha value is -2.49. The van der Waals surface area contributed by atoms with Crippen LogP contribution in [0.2, 0.25) is 0 Å². The summed E-state index contributed by atoms with van der Waals surface area (Å²) < 4.78 is 13.1.